The predicted octanol–water partition coefficient (Wildman–Crippen LogP) is 1.59. The molecular weight excluding hydrogens is 385 g/mol. The molecule has 1 aromatic carbocycles. The summed E-state index contributed by atoms with van der Waals surface area (Å²) in [5.74, 6) is -2.93. The molecule has 0 unspecified atom stereocenters. The first kappa shape index (κ1) is 16.0. The van der Waals surface area contributed by atoms with Crippen molar-refractivity contribution in [2.24, 2.45) is 10.7 Å². The number of aryl methyl sites for hydroxylation is 1. The molecule has 28 heavy (non-hydrogen) atoms. The maximum absolute atomic E-state index is 14.7. The average molecular weight is 408 g/mol. The molecule has 1 amide bonds. The molecule has 8 nitrogen and oxygen atoms in total. The van der Waals surface area contributed by atoms with Crippen LogP contribution in [0.4, 0.5) is 10.1 Å². The van der Waals surface area contributed by atoms with Crippen molar-refractivity contribution in [3.05, 3.63) is 59.2 Å². The Hall–Kier alpha value is -3.01. The van der Waals surface area contributed by atoms with Crippen LogP contribution in [0.15, 0.2) is 41.5 Å². The highest BCUT2D eigenvalue weighted by atomic mass is 32.2. The second kappa shape index (κ2) is 6.86. The molecule has 10 heteroatoms. The lowest BCUT2D eigenvalue weighted by Gasteiger charge is -2.34. The van der Waals surface area contributed by atoms with E-state index in [1.54, 1.807) is 6.07 Å². The number of aliphatic imine (C=N–C) groups is 1. The number of anilines is 1. The van der Waals surface area contributed by atoms with Crippen LogP contribution < -0.4 is 11.1 Å². The zero-order chi connectivity index (χ0) is 23.2. The second-order valence-electron chi connectivity index (χ2n) is 6.63. The van der Waals surface area contributed by atoms with Crippen molar-refractivity contribution in [1.82, 2.24) is 9.29 Å². The number of hydrogen-bond donors (Lipinski definition) is 2. The molecule has 0 saturated heterocycles. The number of halogens is 1. The van der Waals surface area contributed by atoms with Crippen LogP contribution in [0, 0.1) is 12.7 Å². The minimum atomic E-state index is -4.43. The number of nitrogens with one attached hydrogen (secondary N) is 1. The smallest absolute Gasteiger partial charge is 0.274 e. The lowest BCUT2D eigenvalue weighted by Crippen LogP contribution is -2.50. The summed E-state index contributed by atoms with van der Waals surface area (Å²) in [6.45, 7) is 0.0718. The van der Waals surface area contributed by atoms with Crippen LogP contribution in [0.5, 0.6) is 0 Å². The topological polar surface area (TPSA) is 118 Å². The number of carbonyl (C=O) groups is 1. The molecule has 0 spiro atoms. The van der Waals surface area contributed by atoms with Gasteiger partial charge < -0.3 is 11.1 Å². The van der Waals surface area contributed by atoms with Crippen LogP contribution in [-0.4, -0.2) is 42.3 Å². The third kappa shape index (κ3) is 3.68. The van der Waals surface area contributed by atoms with Crippen molar-refractivity contribution in [3.8, 4) is 0 Å². The number of aromatic nitrogens is 1. The van der Waals surface area contributed by atoms with E-state index in [1.165, 1.54) is 31.3 Å². The van der Waals surface area contributed by atoms with Crippen LogP contribution >= 0.6 is 0 Å². The fraction of sp³-hybridized carbons (Fsp3) is 0.278. The molecule has 1 atom stereocenters. The third-order valence-corrected chi connectivity index (χ3v) is 5.93. The Kier molecular flexibility index (Phi) is 3.92. The van der Waals surface area contributed by atoms with E-state index < -0.39 is 46.0 Å². The highest BCUT2D eigenvalue weighted by Gasteiger charge is 2.41. The van der Waals surface area contributed by atoms with Gasteiger partial charge in [0.2, 0.25) is 16.0 Å². The normalized spacial score (nSPS) is 23.2. The number of sulfonamides is 1. The molecular formula is C18H20FN5O3S. The molecule has 0 bridgehead atoms. The molecule has 1 aromatic heterocycles. The summed E-state index contributed by atoms with van der Waals surface area (Å²) < 4.78 is 62.1. The van der Waals surface area contributed by atoms with E-state index in [0.29, 0.717) is 0 Å². The largest absolute Gasteiger partial charge is 0.369 e. The summed E-state index contributed by atoms with van der Waals surface area (Å²) >= 11 is 0. The number of pyridine rings is 1. The van der Waals surface area contributed by atoms with Gasteiger partial charge in [-0.3, -0.25) is 9.78 Å². The maximum atomic E-state index is 14.7. The first-order chi connectivity index (χ1) is 14.2. The second-order valence-corrected chi connectivity index (χ2v) is 8.45. The van der Waals surface area contributed by atoms with E-state index in [-0.39, 0.29) is 21.2 Å². The summed E-state index contributed by atoms with van der Waals surface area (Å²) in [7, 11) is -4.43. The fourth-order valence-corrected chi connectivity index (χ4v) is 4.23. The highest BCUT2D eigenvalue weighted by Crippen LogP contribution is 2.34. The van der Waals surface area contributed by atoms with Crippen LogP contribution in [0.1, 0.15) is 32.7 Å². The highest BCUT2D eigenvalue weighted by molar-refractivity contribution is 7.89. The number of amides is 1. The third-order valence-electron chi connectivity index (χ3n) is 4.26. The summed E-state index contributed by atoms with van der Waals surface area (Å²) in [5, 5.41) is 2.57. The quantitative estimate of drug-likeness (QED) is 0.800. The SMILES string of the molecule is [2H]C([2H])([2H])N1C(N)=N[C@](C)(c2cc(NC(=O)c3ccc(C)cn3)ccc2F)CS1(=O)=O. The minimum absolute atomic E-state index is 0.0499. The van der Waals surface area contributed by atoms with Gasteiger partial charge in [-0.25, -0.2) is 22.1 Å². The van der Waals surface area contributed by atoms with Gasteiger partial charge in [0.15, 0.2) is 0 Å². The molecule has 0 aliphatic carbocycles. The number of hydrogen-bond acceptors (Lipinski definition) is 6. The summed E-state index contributed by atoms with van der Waals surface area (Å²) in [6, 6.07) is 6.82. The van der Waals surface area contributed by atoms with Gasteiger partial charge in [0.1, 0.15) is 17.1 Å². The van der Waals surface area contributed by atoms with Crippen molar-refractivity contribution in [2.45, 2.75) is 19.4 Å². The Morgan fingerprint density at radius 3 is 2.75 bits per heavy atom. The lowest BCUT2D eigenvalue weighted by atomic mass is 9.93. The van der Waals surface area contributed by atoms with Crippen LogP contribution in [0.3, 0.4) is 0 Å². The Morgan fingerprint density at radius 1 is 1.39 bits per heavy atom. The fourth-order valence-electron chi connectivity index (χ4n) is 2.84. The number of guanidine groups is 1. The Balaban J connectivity index is 1.99. The average Bonchev–Trinajstić information content (AvgIpc) is 2.60. The van der Waals surface area contributed by atoms with Gasteiger partial charge in [-0.05, 0) is 43.7 Å². The van der Waals surface area contributed by atoms with Crippen molar-refractivity contribution in [1.29, 1.82) is 0 Å². The van der Waals surface area contributed by atoms with E-state index >= 15 is 0 Å². The first-order valence-electron chi connectivity index (χ1n) is 9.65. The van der Waals surface area contributed by atoms with Gasteiger partial charge in [-0.15, -0.1) is 0 Å². The zero-order valence-electron chi connectivity index (χ0n) is 18.1. The van der Waals surface area contributed by atoms with E-state index in [4.69, 9.17) is 9.85 Å². The predicted molar refractivity (Wildman–Crippen MR) is 104 cm³/mol. The van der Waals surface area contributed by atoms with Crippen LogP contribution in [0.2, 0.25) is 0 Å². The lowest BCUT2D eigenvalue weighted by molar-refractivity contribution is 0.102. The van der Waals surface area contributed by atoms with Gasteiger partial charge >= 0.3 is 0 Å². The number of carbonyl (C=O) groups excluding carboxylic acids is 1. The molecule has 0 radical (unpaired) electrons. The molecule has 0 fully saturated rings. The molecule has 1 aliphatic heterocycles. The molecule has 1 aliphatic rings. The molecule has 3 rings (SSSR count). The summed E-state index contributed by atoms with van der Waals surface area (Å²) in [6.07, 6.45) is 1.52. The zero-order valence-corrected chi connectivity index (χ0v) is 15.9. The number of rotatable bonds is 3. The van der Waals surface area contributed by atoms with Crippen molar-refractivity contribution < 1.29 is 21.7 Å². The molecule has 0 saturated carbocycles. The first-order valence-corrected chi connectivity index (χ1v) is 9.76. The maximum Gasteiger partial charge on any atom is 0.274 e. The minimum Gasteiger partial charge on any atom is -0.369 e. The standard InChI is InChI=1S/C18H20FN5O3S/c1-11-4-7-15(21-9-11)16(25)22-12-5-6-14(19)13(8-12)18(2)10-28(26,27)24(3)17(20)23-18/h4-9H,10H2,1-3H3,(H2,20,23)(H,22,25)/t18-/m0/s1/i3D3. The van der Waals surface area contributed by atoms with Gasteiger partial charge in [0.05, 0.1) is 5.75 Å². The Labute approximate surface area is 166 Å². The van der Waals surface area contributed by atoms with E-state index in [1.807, 2.05) is 6.92 Å². The Bertz CT molecular complexity index is 1170. The summed E-state index contributed by atoms with van der Waals surface area (Å²) in [5.41, 5.74) is 4.95. The molecule has 2 aromatic rings. The Morgan fingerprint density at radius 2 is 2.14 bits per heavy atom. The summed E-state index contributed by atoms with van der Waals surface area (Å²) in [4.78, 5) is 20.4. The van der Waals surface area contributed by atoms with E-state index in [0.717, 1.165) is 11.6 Å². The molecule has 2 heterocycles. The van der Waals surface area contributed by atoms with E-state index in [2.05, 4.69) is 15.3 Å². The van der Waals surface area contributed by atoms with E-state index in [9.17, 15) is 17.6 Å². The van der Waals surface area contributed by atoms with Gasteiger partial charge in [-0.2, -0.15) is 0 Å². The van der Waals surface area contributed by atoms with Crippen LogP contribution in [0.25, 0.3) is 0 Å². The van der Waals surface area contributed by atoms with Gasteiger partial charge in [0.25, 0.3) is 5.91 Å². The molecule has 148 valence electrons. The number of nitrogens with two attached hydrogens (primary N) is 1. The monoisotopic (exact) mass is 408 g/mol. The van der Waals surface area contributed by atoms with Crippen LogP contribution in [-0.2, 0) is 15.6 Å². The van der Waals surface area contributed by atoms with Gasteiger partial charge in [-0.1, -0.05) is 6.07 Å². The number of nitrogens with zero attached hydrogens (tertiary/aromatic N) is 3. The van der Waals surface area contributed by atoms with Gasteiger partial charge in [0, 0.05) is 28.5 Å². The molecule has 3 N–H and O–H groups in total. The van der Waals surface area contributed by atoms with Crippen molar-refractivity contribution in [3.63, 3.8) is 0 Å². The van der Waals surface area contributed by atoms with Crippen molar-refractivity contribution in [2.75, 3.05) is 18.0 Å². The van der Waals surface area contributed by atoms with Crippen molar-refractivity contribution >= 4 is 27.6 Å². The number of benzene rings is 1.